The highest BCUT2D eigenvalue weighted by atomic mass is 35.5. The highest BCUT2D eigenvalue weighted by Gasteiger charge is 2.21. The molecule has 124 valence electrons. The summed E-state index contributed by atoms with van der Waals surface area (Å²) in [5, 5.41) is 0.744. The molecule has 2 N–H and O–H groups in total. The molecule has 0 unspecified atom stereocenters. The van der Waals surface area contributed by atoms with Gasteiger partial charge < -0.3 is 10.3 Å². The Bertz CT molecular complexity index is 1090. The Labute approximate surface area is 141 Å². The van der Waals surface area contributed by atoms with Crippen LogP contribution in [-0.4, -0.2) is 19.6 Å². The van der Waals surface area contributed by atoms with Crippen LogP contribution >= 0.6 is 11.6 Å². The number of amides is 1. The van der Waals surface area contributed by atoms with Gasteiger partial charge in [0.15, 0.2) is 0 Å². The molecule has 2 aromatic heterocycles. The van der Waals surface area contributed by atoms with Gasteiger partial charge in [-0.3, -0.25) is 18.7 Å². The zero-order valence-corrected chi connectivity index (χ0v) is 13.9. The first-order chi connectivity index (χ1) is 11.3. The van der Waals surface area contributed by atoms with Gasteiger partial charge in [-0.15, -0.1) is 0 Å². The summed E-state index contributed by atoms with van der Waals surface area (Å²) in [6.45, 7) is -0.132. The lowest BCUT2D eigenvalue weighted by molar-refractivity contribution is -0.118. The molecule has 24 heavy (non-hydrogen) atoms. The molecule has 3 aromatic rings. The minimum absolute atomic E-state index is 0.132. The van der Waals surface area contributed by atoms with Crippen molar-refractivity contribution in [1.29, 1.82) is 0 Å². The minimum atomic E-state index is -0.564. The van der Waals surface area contributed by atoms with E-state index >= 15 is 0 Å². The van der Waals surface area contributed by atoms with E-state index in [9.17, 15) is 14.4 Å². The number of primary amides is 1. The van der Waals surface area contributed by atoms with E-state index in [1.807, 2.05) is 0 Å². The summed E-state index contributed by atoms with van der Waals surface area (Å²) in [4.78, 5) is 36.3. The summed E-state index contributed by atoms with van der Waals surface area (Å²) >= 11 is 6.28. The number of aryl methyl sites for hydroxylation is 1. The van der Waals surface area contributed by atoms with Crippen molar-refractivity contribution in [2.75, 3.05) is 0 Å². The van der Waals surface area contributed by atoms with E-state index in [0.29, 0.717) is 27.2 Å². The van der Waals surface area contributed by atoms with E-state index in [-0.39, 0.29) is 6.54 Å². The Morgan fingerprint density at radius 1 is 1.17 bits per heavy atom. The Balaban J connectivity index is 2.54. The SMILES string of the molecule is Cn1c(=O)c2c(-c3ccccc3Cl)n(CC(N)=O)cc2n(C)c1=O. The van der Waals surface area contributed by atoms with Crippen molar-refractivity contribution in [3.63, 3.8) is 0 Å². The molecule has 8 heteroatoms. The highest BCUT2D eigenvalue weighted by Crippen LogP contribution is 2.32. The van der Waals surface area contributed by atoms with E-state index in [1.54, 1.807) is 42.1 Å². The number of nitrogens with two attached hydrogens (primary N) is 1. The van der Waals surface area contributed by atoms with Crippen molar-refractivity contribution in [2.24, 2.45) is 19.8 Å². The van der Waals surface area contributed by atoms with E-state index in [0.717, 1.165) is 4.57 Å². The van der Waals surface area contributed by atoms with Crippen LogP contribution in [0, 0.1) is 0 Å². The van der Waals surface area contributed by atoms with Crippen LogP contribution in [0.4, 0.5) is 0 Å². The standard InChI is InChI=1S/C16H15ClN4O3/c1-19-11-7-21(8-12(18)22)14(9-5-3-4-6-10(9)17)13(11)15(23)20(2)16(19)24/h3-7H,8H2,1-2H3,(H2,18,22). The second kappa shape index (κ2) is 5.68. The van der Waals surface area contributed by atoms with Gasteiger partial charge in [-0.05, 0) is 6.07 Å². The van der Waals surface area contributed by atoms with Crippen molar-refractivity contribution < 1.29 is 4.79 Å². The Hall–Kier alpha value is -2.80. The van der Waals surface area contributed by atoms with Gasteiger partial charge in [-0.2, -0.15) is 0 Å². The van der Waals surface area contributed by atoms with Crippen LogP contribution in [0.1, 0.15) is 0 Å². The van der Waals surface area contributed by atoms with E-state index < -0.39 is 17.2 Å². The second-order valence-corrected chi connectivity index (χ2v) is 5.92. The molecule has 1 aromatic carbocycles. The maximum absolute atomic E-state index is 12.7. The van der Waals surface area contributed by atoms with Crippen LogP contribution in [0.15, 0.2) is 40.1 Å². The lowest BCUT2D eigenvalue weighted by Crippen LogP contribution is -2.36. The Morgan fingerprint density at radius 2 is 1.83 bits per heavy atom. The van der Waals surface area contributed by atoms with Crippen molar-refractivity contribution in [3.8, 4) is 11.3 Å². The number of aromatic nitrogens is 3. The van der Waals surface area contributed by atoms with Gasteiger partial charge in [0.25, 0.3) is 5.56 Å². The van der Waals surface area contributed by atoms with Gasteiger partial charge in [0.2, 0.25) is 5.91 Å². The minimum Gasteiger partial charge on any atom is -0.368 e. The summed E-state index contributed by atoms with van der Waals surface area (Å²) in [5.41, 5.74) is 5.89. The third-order valence-electron chi connectivity index (χ3n) is 3.97. The van der Waals surface area contributed by atoms with Gasteiger partial charge in [-0.25, -0.2) is 4.79 Å². The molecule has 0 atom stereocenters. The van der Waals surface area contributed by atoms with Gasteiger partial charge >= 0.3 is 5.69 Å². The maximum Gasteiger partial charge on any atom is 0.330 e. The average Bonchev–Trinajstić information content (AvgIpc) is 2.90. The lowest BCUT2D eigenvalue weighted by atomic mass is 10.1. The molecule has 0 spiro atoms. The number of hydrogen-bond donors (Lipinski definition) is 1. The Morgan fingerprint density at radius 3 is 2.46 bits per heavy atom. The number of hydrogen-bond acceptors (Lipinski definition) is 3. The zero-order valence-electron chi connectivity index (χ0n) is 13.1. The van der Waals surface area contributed by atoms with E-state index in [2.05, 4.69) is 0 Å². The largest absolute Gasteiger partial charge is 0.368 e. The second-order valence-electron chi connectivity index (χ2n) is 5.52. The average molecular weight is 347 g/mol. The van der Waals surface area contributed by atoms with Crippen molar-refractivity contribution in [1.82, 2.24) is 13.7 Å². The number of carbonyl (C=O) groups is 1. The summed E-state index contributed by atoms with van der Waals surface area (Å²) < 4.78 is 3.93. The van der Waals surface area contributed by atoms with Crippen molar-refractivity contribution >= 4 is 28.4 Å². The molecule has 2 heterocycles. The Kier molecular flexibility index (Phi) is 3.81. The molecule has 0 aliphatic rings. The molecule has 0 saturated carbocycles. The predicted molar refractivity (Wildman–Crippen MR) is 92.1 cm³/mol. The maximum atomic E-state index is 12.7. The summed E-state index contributed by atoms with van der Waals surface area (Å²) in [5.74, 6) is -0.564. The quantitative estimate of drug-likeness (QED) is 0.761. The number of halogens is 1. The number of nitrogens with zero attached hydrogens (tertiary/aromatic N) is 3. The molecule has 7 nitrogen and oxygen atoms in total. The molecule has 3 rings (SSSR count). The molecule has 0 bridgehead atoms. The third kappa shape index (κ3) is 2.33. The normalized spacial score (nSPS) is 11.1. The molecule has 1 amide bonds. The number of benzene rings is 1. The van der Waals surface area contributed by atoms with Gasteiger partial charge in [0.05, 0.1) is 16.6 Å². The predicted octanol–water partition coefficient (Wildman–Crippen LogP) is 0.844. The zero-order chi connectivity index (χ0) is 17.6. The lowest BCUT2D eigenvalue weighted by Gasteiger charge is -2.09. The van der Waals surface area contributed by atoms with Crippen LogP contribution in [0.25, 0.3) is 22.2 Å². The van der Waals surface area contributed by atoms with E-state index in [4.69, 9.17) is 17.3 Å². The molecule has 0 aliphatic heterocycles. The van der Waals surface area contributed by atoms with E-state index in [1.165, 1.54) is 11.6 Å². The summed E-state index contributed by atoms with van der Waals surface area (Å²) in [7, 11) is 2.97. The molecule has 0 saturated heterocycles. The topological polar surface area (TPSA) is 92.0 Å². The number of rotatable bonds is 3. The fourth-order valence-corrected chi connectivity index (χ4v) is 3.05. The van der Waals surface area contributed by atoms with Crippen LogP contribution < -0.4 is 17.0 Å². The van der Waals surface area contributed by atoms with Crippen LogP contribution in [0.5, 0.6) is 0 Å². The fourth-order valence-electron chi connectivity index (χ4n) is 2.82. The fraction of sp³-hybridized carbons (Fsp3) is 0.188. The first-order valence-corrected chi connectivity index (χ1v) is 7.52. The van der Waals surface area contributed by atoms with Crippen molar-refractivity contribution in [3.05, 3.63) is 56.3 Å². The molecular formula is C16H15ClN4O3. The molecular weight excluding hydrogens is 332 g/mol. The molecule has 0 fully saturated rings. The summed E-state index contributed by atoms with van der Waals surface area (Å²) in [6, 6.07) is 6.99. The smallest absolute Gasteiger partial charge is 0.330 e. The molecule has 0 aliphatic carbocycles. The summed E-state index contributed by atoms with van der Waals surface area (Å²) in [6.07, 6.45) is 1.57. The highest BCUT2D eigenvalue weighted by molar-refractivity contribution is 6.33. The van der Waals surface area contributed by atoms with Crippen LogP contribution in [0.2, 0.25) is 5.02 Å². The molecule has 0 radical (unpaired) electrons. The van der Waals surface area contributed by atoms with Crippen LogP contribution in [0.3, 0.4) is 0 Å². The first kappa shape index (κ1) is 16.1. The number of fused-ring (bicyclic) bond motifs is 1. The van der Waals surface area contributed by atoms with Gasteiger partial charge in [0.1, 0.15) is 6.54 Å². The number of carbonyl (C=O) groups excluding carboxylic acids is 1. The van der Waals surface area contributed by atoms with Gasteiger partial charge in [0, 0.05) is 30.9 Å². The third-order valence-corrected chi connectivity index (χ3v) is 4.30. The monoisotopic (exact) mass is 346 g/mol. The van der Waals surface area contributed by atoms with Crippen molar-refractivity contribution in [2.45, 2.75) is 6.54 Å². The van der Waals surface area contributed by atoms with Crippen LogP contribution in [-0.2, 0) is 25.4 Å². The first-order valence-electron chi connectivity index (χ1n) is 7.15. The van der Waals surface area contributed by atoms with Gasteiger partial charge in [-0.1, -0.05) is 29.8 Å².